The lowest BCUT2D eigenvalue weighted by Crippen LogP contribution is -2.47. The second-order valence-electron chi connectivity index (χ2n) is 2.75. The average Bonchev–Trinajstić information content (AvgIpc) is 2.19. The first-order valence-corrected chi connectivity index (χ1v) is 4.26. The van der Waals surface area contributed by atoms with E-state index in [1.165, 1.54) is 5.32 Å². The molecule has 4 nitrogen and oxygen atoms in total. The minimum atomic E-state index is -5.98. The van der Waals surface area contributed by atoms with E-state index in [0.29, 0.717) is 0 Å². The summed E-state index contributed by atoms with van der Waals surface area (Å²) in [5.41, 5.74) is 0. The fourth-order valence-electron chi connectivity index (χ4n) is 0.700. The van der Waals surface area contributed by atoms with Crippen LogP contribution >= 0.6 is 11.6 Å². The van der Waals surface area contributed by atoms with Crippen molar-refractivity contribution in [3.63, 3.8) is 0 Å². The summed E-state index contributed by atoms with van der Waals surface area (Å²) < 4.78 is 60.3. The number of hydrogen-bond acceptors (Lipinski definition) is 3. The first kappa shape index (κ1) is 13.6. The van der Waals surface area contributed by atoms with E-state index in [1.54, 1.807) is 0 Å². The maximum Gasteiger partial charge on any atom is 0.463 e. The number of aromatic nitrogens is 2. The van der Waals surface area contributed by atoms with Gasteiger partial charge < -0.3 is 5.32 Å². The Kier molecular flexibility index (Phi) is 3.51. The Morgan fingerprint density at radius 1 is 1.18 bits per heavy atom. The highest BCUT2D eigenvalue weighted by Gasteiger charge is 2.63. The van der Waals surface area contributed by atoms with Gasteiger partial charge in [-0.2, -0.15) is 22.0 Å². The maximum atomic E-state index is 12.5. The largest absolute Gasteiger partial charge is 0.463 e. The third-order valence-corrected chi connectivity index (χ3v) is 1.70. The molecule has 0 aliphatic carbocycles. The number of nitrogens with zero attached hydrogens (tertiary/aromatic N) is 2. The molecule has 94 valence electrons. The van der Waals surface area contributed by atoms with Gasteiger partial charge in [-0.25, -0.2) is 9.97 Å². The fourth-order valence-corrected chi connectivity index (χ4v) is 0.798. The van der Waals surface area contributed by atoms with Gasteiger partial charge in [0.1, 0.15) is 5.15 Å². The molecule has 0 saturated carbocycles. The molecule has 1 aromatic rings. The molecule has 0 aliphatic heterocycles. The van der Waals surface area contributed by atoms with Crippen molar-refractivity contribution >= 4 is 23.3 Å². The lowest BCUT2D eigenvalue weighted by atomic mass is 10.3. The van der Waals surface area contributed by atoms with Crippen LogP contribution in [-0.4, -0.2) is 28.0 Å². The minimum Gasteiger partial charge on any atom is -0.304 e. The molecule has 1 heterocycles. The summed E-state index contributed by atoms with van der Waals surface area (Å²) in [6.45, 7) is 0. The van der Waals surface area contributed by atoms with Crippen LogP contribution in [-0.2, 0) is 4.79 Å². The predicted octanol–water partition coefficient (Wildman–Crippen LogP) is 2.27. The number of anilines is 1. The van der Waals surface area contributed by atoms with Crippen molar-refractivity contribution in [1.29, 1.82) is 0 Å². The Balaban J connectivity index is 2.83. The van der Waals surface area contributed by atoms with Crippen molar-refractivity contribution in [3.8, 4) is 0 Å². The second kappa shape index (κ2) is 4.40. The molecule has 1 amide bonds. The fraction of sp³-hybridized carbons (Fsp3) is 0.286. The first-order valence-electron chi connectivity index (χ1n) is 3.88. The lowest BCUT2D eigenvalue weighted by molar-refractivity contribution is -0.267. The summed E-state index contributed by atoms with van der Waals surface area (Å²) in [5, 5.41) is 1.17. The highest BCUT2D eigenvalue weighted by molar-refractivity contribution is 6.29. The van der Waals surface area contributed by atoms with Crippen molar-refractivity contribution < 1.29 is 26.7 Å². The molecule has 0 radical (unpaired) electrons. The maximum absolute atomic E-state index is 12.5. The van der Waals surface area contributed by atoms with Crippen molar-refractivity contribution in [3.05, 3.63) is 17.5 Å². The van der Waals surface area contributed by atoms with Gasteiger partial charge in [0.25, 0.3) is 0 Å². The Morgan fingerprint density at radius 2 is 1.76 bits per heavy atom. The molecule has 10 heteroatoms. The number of alkyl halides is 5. The van der Waals surface area contributed by atoms with E-state index in [2.05, 4.69) is 9.97 Å². The molecule has 0 saturated heterocycles. The summed E-state index contributed by atoms with van der Waals surface area (Å²) in [5.74, 6) is -8.61. The van der Waals surface area contributed by atoms with Gasteiger partial charge in [-0.3, -0.25) is 4.79 Å². The van der Waals surface area contributed by atoms with E-state index in [4.69, 9.17) is 11.6 Å². The summed E-state index contributed by atoms with van der Waals surface area (Å²) in [6, 6.07) is 0. The van der Waals surface area contributed by atoms with Crippen molar-refractivity contribution in [1.82, 2.24) is 9.97 Å². The highest BCUT2D eigenvalue weighted by Crippen LogP contribution is 2.36. The topological polar surface area (TPSA) is 54.9 Å². The number of amides is 1. The van der Waals surface area contributed by atoms with E-state index in [9.17, 15) is 26.7 Å². The summed E-state index contributed by atoms with van der Waals surface area (Å²) in [6.07, 6.45) is -4.35. The summed E-state index contributed by atoms with van der Waals surface area (Å²) in [4.78, 5) is 17.3. The average molecular weight is 276 g/mol. The molecule has 0 aliphatic rings. The number of hydrogen-bond donors (Lipinski definition) is 1. The van der Waals surface area contributed by atoms with Gasteiger partial charge in [0.2, 0.25) is 0 Å². The number of carbonyl (C=O) groups is 1. The molecule has 1 rings (SSSR count). The number of nitrogens with one attached hydrogen (secondary N) is 1. The van der Waals surface area contributed by atoms with Gasteiger partial charge >= 0.3 is 18.0 Å². The molecule has 1 N–H and O–H groups in total. The van der Waals surface area contributed by atoms with Crippen LogP contribution in [0.3, 0.4) is 0 Å². The third kappa shape index (κ3) is 2.99. The SMILES string of the molecule is O=C(Nc1cnc(Cl)cn1)C(F)(F)C(F)(F)F. The lowest BCUT2D eigenvalue weighted by Gasteiger charge is -2.18. The van der Waals surface area contributed by atoms with E-state index >= 15 is 0 Å². The highest BCUT2D eigenvalue weighted by atomic mass is 35.5. The van der Waals surface area contributed by atoms with Gasteiger partial charge in [-0.15, -0.1) is 0 Å². The van der Waals surface area contributed by atoms with Crippen LogP contribution in [0.4, 0.5) is 27.8 Å². The van der Waals surface area contributed by atoms with Crippen molar-refractivity contribution in [2.24, 2.45) is 0 Å². The van der Waals surface area contributed by atoms with E-state index in [-0.39, 0.29) is 5.15 Å². The van der Waals surface area contributed by atoms with Crippen LogP contribution in [0.2, 0.25) is 5.15 Å². The van der Waals surface area contributed by atoms with Gasteiger partial charge in [-0.05, 0) is 0 Å². The number of halogens is 6. The van der Waals surface area contributed by atoms with Crippen LogP contribution < -0.4 is 5.32 Å². The standard InChI is InChI=1S/C7H3ClF5N3O/c8-3-1-15-4(2-14-3)16-5(17)6(9,10)7(11,12)13/h1-2H,(H,15,16,17). The molecule has 0 bridgehead atoms. The Labute approximate surface area is 95.8 Å². The van der Waals surface area contributed by atoms with Crippen LogP contribution in [0.1, 0.15) is 0 Å². The second-order valence-corrected chi connectivity index (χ2v) is 3.14. The van der Waals surface area contributed by atoms with Crippen LogP contribution in [0.5, 0.6) is 0 Å². The van der Waals surface area contributed by atoms with Crippen molar-refractivity contribution in [2.45, 2.75) is 12.1 Å². The molecule has 0 fully saturated rings. The smallest absolute Gasteiger partial charge is 0.304 e. The summed E-state index contributed by atoms with van der Waals surface area (Å²) in [7, 11) is 0. The Morgan fingerprint density at radius 3 is 2.18 bits per heavy atom. The minimum absolute atomic E-state index is 0.106. The van der Waals surface area contributed by atoms with E-state index < -0.39 is 23.8 Å². The van der Waals surface area contributed by atoms with Gasteiger partial charge in [0, 0.05) is 0 Å². The summed E-state index contributed by atoms with van der Waals surface area (Å²) >= 11 is 5.30. The quantitative estimate of drug-likeness (QED) is 0.842. The third-order valence-electron chi connectivity index (χ3n) is 1.50. The molecule has 0 unspecified atom stereocenters. The van der Waals surface area contributed by atoms with Gasteiger partial charge in [0.15, 0.2) is 5.82 Å². The zero-order chi connectivity index (χ0) is 13.3. The molecule has 17 heavy (non-hydrogen) atoms. The van der Waals surface area contributed by atoms with Crippen LogP contribution in [0.15, 0.2) is 12.4 Å². The molecule has 0 aromatic carbocycles. The van der Waals surface area contributed by atoms with Crippen LogP contribution in [0, 0.1) is 0 Å². The monoisotopic (exact) mass is 275 g/mol. The van der Waals surface area contributed by atoms with E-state index in [1.807, 2.05) is 0 Å². The zero-order valence-corrected chi connectivity index (χ0v) is 8.48. The Hall–Kier alpha value is -1.51. The number of carbonyl (C=O) groups excluding carboxylic acids is 1. The molecule has 0 spiro atoms. The Bertz CT molecular complexity index is 419. The van der Waals surface area contributed by atoms with E-state index in [0.717, 1.165) is 12.4 Å². The molecular formula is C7H3ClF5N3O. The first-order chi connectivity index (χ1) is 7.64. The van der Waals surface area contributed by atoms with Gasteiger partial charge in [0.05, 0.1) is 12.4 Å². The van der Waals surface area contributed by atoms with Crippen molar-refractivity contribution in [2.75, 3.05) is 5.32 Å². The van der Waals surface area contributed by atoms with Gasteiger partial charge in [-0.1, -0.05) is 11.6 Å². The number of rotatable bonds is 2. The normalized spacial score (nSPS) is 12.4. The zero-order valence-electron chi connectivity index (χ0n) is 7.73. The molecule has 0 atom stereocenters. The molecular weight excluding hydrogens is 273 g/mol. The van der Waals surface area contributed by atoms with Crippen LogP contribution in [0.25, 0.3) is 0 Å². The predicted molar refractivity (Wildman–Crippen MR) is 46.7 cm³/mol. The molecule has 1 aromatic heterocycles.